The molecule has 0 aliphatic heterocycles. The summed E-state index contributed by atoms with van der Waals surface area (Å²) < 4.78 is 6.00. The van der Waals surface area contributed by atoms with Crippen molar-refractivity contribution in [1.29, 1.82) is 0 Å². The van der Waals surface area contributed by atoms with Crippen LogP contribution in [-0.2, 0) is 6.42 Å². The van der Waals surface area contributed by atoms with E-state index in [2.05, 4.69) is 12.2 Å². The number of carbonyl (C=O) groups is 1. The van der Waals surface area contributed by atoms with Crippen LogP contribution in [0, 0.1) is 0 Å². The van der Waals surface area contributed by atoms with Crippen LogP contribution in [0.3, 0.4) is 0 Å². The van der Waals surface area contributed by atoms with Crippen LogP contribution in [0.5, 0.6) is 5.75 Å². The van der Waals surface area contributed by atoms with Crippen molar-refractivity contribution in [1.82, 2.24) is 4.98 Å². The number of nitrogens with zero attached hydrogens (tertiary/aromatic N) is 1. The molecule has 0 aliphatic rings. The zero-order valence-electron chi connectivity index (χ0n) is 18.1. The summed E-state index contributed by atoms with van der Waals surface area (Å²) in [5, 5.41) is 3.92. The van der Waals surface area contributed by atoms with Gasteiger partial charge in [-0.1, -0.05) is 55.5 Å². The highest BCUT2D eigenvalue weighted by atomic mass is 16.5. The number of benzene rings is 3. The number of pyridine rings is 1. The summed E-state index contributed by atoms with van der Waals surface area (Å²) in [6, 6.07) is 25.3. The van der Waals surface area contributed by atoms with Gasteiger partial charge >= 0.3 is 0 Å². The Bertz CT molecular complexity index is 1230. The second-order valence-corrected chi connectivity index (χ2v) is 7.70. The maximum atomic E-state index is 13.4. The molecule has 4 aromatic rings. The number of hydrogen-bond donors (Lipinski definition) is 1. The molecule has 3 aromatic carbocycles. The van der Waals surface area contributed by atoms with E-state index >= 15 is 0 Å². The van der Waals surface area contributed by atoms with Gasteiger partial charge in [0.2, 0.25) is 0 Å². The summed E-state index contributed by atoms with van der Waals surface area (Å²) in [5.41, 5.74) is 4.87. The second-order valence-electron chi connectivity index (χ2n) is 7.70. The average molecular weight is 411 g/mol. The van der Waals surface area contributed by atoms with Crippen molar-refractivity contribution in [3.63, 3.8) is 0 Å². The van der Waals surface area contributed by atoms with Crippen molar-refractivity contribution in [2.24, 2.45) is 0 Å². The normalized spacial score (nSPS) is 11.0. The molecule has 0 saturated carbocycles. The van der Waals surface area contributed by atoms with Crippen molar-refractivity contribution in [3.05, 3.63) is 90.0 Å². The molecular weight excluding hydrogens is 384 g/mol. The number of nitrogens with one attached hydrogen (secondary N) is 1. The fraction of sp³-hybridized carbons (Fsp3) is 0.185. The number of aromatic nitrogens is 1. The van der Waals surface area contributed by atoms with Gasteiger partial charge in [-0.2, -0.15) is 0 Å². The Labute approximate surface area is 182 Å². The number of fused-ring (bicyclic) bond motifs is 1. The monoisotopic (exact) mass is 410 g/mol. The van der Waals surface area contributed by atoms with Gasteiger partial charge in [0.25, 0.3) is 5.91 Å². The van der Waals surface area contributed by atoms with Crippen LogP contribution in [0.1, 0.15) is 36.7 Å². The zero-order valence-corrected chi connectivity index (χ0v) is 18.1. The van der Waals surface area contributed by atoms with Crippen molar-refractivity contribution < 1.29 is 9.53 Å². The predicted molar refractivity (Wildman–Crippen MR) is 127 cm³/mol. The van der Waals surface area contributed by atoms with Gasteiger partial charge in [0.05, 0.1) is 22.9 Å². The molecule has 1 N–H and O–H groups in total. The zero-order chi connectivity index (χ0) is 21.8. The SMILES string of the molecule is CCc1ccccc1NC(=O)c1cc(-c2ccccc2OC(C)C)nc2ccccc12. The summed E-state index contributed by atoms with van der Waals surface area (Å²) in [7, 11) is 0. The Hall–Kier alpha value is -3.66. The molecule has 1 aromatic heterocycles. The molecule has 0 atom stereocenters. The first-order chi connectivity index (χ1) is 15.1. The van der Waals surface area contributed by atoms with E-state index in [1.807, 2.05) is 92.7 Å². The lowest BCUT2D eigenvalue weighted by Gasteiger charge is -2.16. The molecule has 4 heteroatoms. The van der Waals surface area contributed by atoms with Crippen molar-refractivity contribution >= 4 is 22.5 Å². The van der Waals surface area contributed by atoms with Gasteiger partial charge in [-0.25, -0.2) is 4.98 Å². The van der Waals surface area contributed by atoms with Crippen LogP contribution >= 0.6 is 0 Å². The van der Waals surface area contributed by atoms with Crippen molar-refractivity contribution in [2.75, 3.05) is 5.32 Å². The Kier molecular flexibility index (Phi) is 5.99. The van der Waals surface area contributed by atoms with Gasteiger partial charge < -0.3 is 10.1 Å². The van der Waals surface area contributed by atoms with Crippen molar-refractivity contribution in [2.45, 2.75) is 33.3 Å². The van der Waals surface area contributed by atoms with Crippen LogP contribution in [0.4, 0.5) is 5.69 Å². The molecule has 0 aliphatic carbocycles. The number of ether oxygens (including phenoxy) is 1. The summed E-state index contributed by atoms with van der Waals surface area (Å²) in [5.74, 6) is 0.603. The van der Waals surface area contributed by atoms with Gasteiger partial charge in [0.15, 0.2) is 0 Å². The summed E-state index contributed by atoms with van der Waals surface area (Å²) in [6.45, 7) is 6.07. The summed E-state index contributed by atoms with van der Waals surface area (Å²) >= 11 is 0. The van der Waals surface area contributed by atoms with E-state index in [1.54, 1.807) is 0 Å². The van der Waals surface area contributed by atoms with Crippen LogP contribution in [0.25, 0.3) is 22.2 Å². The first-order valence-electron chi connectivity index (χ1n) is 10.6. The Morgan fingerprint density at radius 3 is 2.48 bits per heavy atom. The highest BCUT2D eigenvalue weighted by Crippen LogP contribution is 2.32. The topological polar surface area (TPSA) is 51.2 Å². The third-order valence-electron chi connectivity index (χ3n) is 5.13. The number of para-hydroxylation sites is 3. The molecular formula is C27H26N2O2. The van der Waals surface area contributed by atoms with Gasteiger partial charge in [-0.15, -0.1) is 0 Å². The molecule has 31 heavy (non-hydrogen) atoms. The van der Waals surface area contributed by atoms with E-state index in [0.717, 1.165) is 39.9 Å². The fourth-order valence-corrected chi connectivity index (χ4v) is 3.68. The quantitative estimate of drug-likeness (QED) is 0.394. The van der Waals surface area contributed by atoms with Crippen LogP contribution in [0.15, 0.2) is 78.9 Å². The van der Waals surface area contributed by atoms with E-state index < -0.39 is 0 Å². The molecule has 4 nitrogen and oxygen atoms in total. The number of carbonyl (C=O) groups excluding carboxylic acids is 1. The summed E-state index contributed by atoms with van der Waals surface area (Å²) in [6.07, 6.45) is 0.883. The first kappa shape index (κ1) is 20.6. The molecule has 156 valence electrons. The highest BCUT2D eigenvalue weighted by Gasteiger charge is 2.17. The number of anilines is 1. The molecule has 0 fully saturated rings. The average Bonchev–Trinajstić information content (AvgIpc) is 2.78. The Balaban J connectivity index is 1.82. The van der Waals surface area contributed by atoms with E-state index in [1.165, 1.54) is 0 Å². The minimum Gasteiger partial charge on any atom is -0.490 e. The number of amides is 1. The minimum atomic E-state index is -0.150. The lowest BCUT2D eigenvalue weighted by Crippen LogP contribution is -2.14. The molecule has 0 saturated heterocycles. The van der Waals surface area contributed by atoms with Crippen LogP contribution < -0.4 is 10.1 Å². The standard InChI is InChI=1S/C27H26N2O2/c1-4-19-11-5-8-14-23(19)29-27(30)22-17-25(28-24-15-9-6-12-20(22)24)21-13-7-10-16-26(21)31-18(2)3/h5-18H,4H2,1-3H3,(H,29,30). The molecule has 0 bridgehead atoms. The summed E-state index contributed by atoms with van der Waals surface area (Å²) in [4.78, 5) is 18.2. The molecule has 1 heterocycles. The minimum absolute atomic E-state index is 0.0370. The number of hydrogen-bond acceptors (Lipinski definition) is 3. The largest absolute Gasteiger partial charge is 0.490 e. The highest BCUT2D eigenvalue weighted by molar-refractivity contribution is 6.13. The molecule has 0 spiro atoms. The van der Waals surface area contributed by atoms with Crippen molar-refractivity contribution in [3.8, 4) is 17.0 Å². The predicted octanol–water partition coefficient (Wildman–Crippen LogP) is 6.50. The lowest BCUT2D eigenvalue weighted by atomic mass is 10.0. The van der Waals surface area contributed by atoms with E-state index in [-0.39, 0.29) is 12.0 Å². The number of rotatable bonds is 6. The number of aryl methyl sites for hydroxylation is 1. The third kappa shape index (κ3) is 4.43. The van der Waals surface area contributed by atoms with Gasteiger partial charge in [-0.05, 0) is 56.2 Å². The molecule has 0 radical (unpaired) electrons. The van der Waals surface area contributed by atoms with E-state index in [4.69, 9.17) is 9.72 Å². The van der Waals surface area contributed by atoms with E-state index in [9.17, 15) is 4.79 Å². The van der Waals surface area contributed by atoms with Gasteiger partial charge in [0.1, 0.15) is 5.75 Å². The van der Waals surface area contributed by atoms with Gasteiger partial charge in [0, 0.05) is 16.6 Å². The lowest BCUT2D eigenvalue weighted by molar-refractivity contribution is 0.102. The maximum Gasteiger partial charge on any atom is 0.256 e. The Morgan fingerprint density at radius 2 is 1.68 bits per heavy atom. The van der Waals surface area contributed by atoms with Crippen LogP contribution in [0.2, 0.25) is 0 Å². The van der Waals surface area contributed by atoms with Crippen LogP contribution in [-0.4, -0.2) is 17.0 Å². The smallest absolute Gasteiger partial charge is 0.256 e. The fourth-order valence-electron chi connectivity index (χ4n) is 3.68. The second kappa shape index (κ2) is 9.00. The first-order valence-corrected chi connectivity index (χ1v) is 10.6. The molecule has 4 rings (SSSR count). The van der Waals surface area contributed by atoms with E-state index in [0.29, 0.717) is 11.3 Å². The third-order valence-corrected chi connectivity index (χ3v) is 5.13. The maximum absolute atomic E-state index is 13.4. The Morgan fingerprint density at radius 1 is 0.968 bits per heavy atom. The molecule has 0 unspecified atom stereocenters. The molecule has 1 amide bonds. The van der Waals surface area contributed by atoms with Gasteiger partial charge in [-0.3, -0.25) is 4.79 Å².